The monoisotopic (exact) mass is 172 g/mol. The average molecular weight is 172 g/mol. The van der Waals surface area contributed by atoms with Crippen LogP contribution < -0.4 is 0 Å². The Balaban J connectivity index is 1.70. The summed E-state index contributed by atoms with van der Waals surface area (Å²) in [6.07, 6.45) is 4.98. The van der Waals surface area contributed by atoms with Crippen molar-refractivity contribution in [3.8, 4) is 0 Å². The molecule has 0 aliphatic carbocycles. The molecule has 72 valence electrons. The highest BCUT2D eigenvalue weighted by Gasteiger charge is 2.17. The third kappa shape index (κ3) is 4.07. The minimum Gasteiger partial charge on any atom is -0.381 e. The van der Waals surface area contributed by atoms with Crippen molar-refractivity contribution in [1.29, 1.82) is 0 Å². The van der Waals surface area contributed by atoms with Gasteiger partial charge in [0.1, 0.15) is 0 Å². The molecule has 0 aromatic heterocycles. The van der Waals surface area contributed by atoms with Gasteiger partial charge < -0.3 is 9.47 Å². The zero-order valence-corrected chi connectivity index (χ0v) is 8.05. The number of hydrogen-bond donors (Lipinski definition) is 0. The lowest BCUT2D eigenvalue weighted by Gasteiger charge is -2.25. The molecule has 1 saturated heterocycles. The van der Waals surface area contributed by atoms with Crippen molar-refractivity contribution in [1.82, 2.24) is 0 Å². The molecule has 0 radical (unpaired) electrons. The third-order valence-corrected chi connectivity index (χ3v) is 2.27. The Labute approximate surface area is 75.2 Å². The predicted molar refractivity (Wildman–Crippen MR) is 49.3 cm³/mol. The Morgan fingerprint density at radius 1 is 1.25 bits per heavy atom. The van der Waals surface area contributed by atoms with Crippen LogP contribution in [-0.2, 0) is 9.47 Å². The van der Waals surface area contributed by atoms with Crippen molar-refractivity contribution in [2.45, 2.75) is 32.6 Å². The molecule has 2 heteroatoms. The molecule has 1 heterocycles. The molecule has 2 nitrogen and oxygen atoms in total. The van der Waals surface area contributed by atoms with E-state index < -0.39 is 0 Å². The molecule has 0 atom stereocenters. The van der Waals surface area contributed by atoms with Gasteiger partial charge in [0.25, 0.3) is 0 Å². The topological polar surface area (TPSA) is 18.5 Å². The van der Waals surface area contributed by atoms with Crippen LogP contribution in [0.2, 0.25) is 0 Å². The quantitative estimate of drug-likeness (QED) is 0.548. The van der Waals surface area contributed by atoms with Crippen LogP contribution in [0, 0.1) is 5.92 Å². The first-order valence-electron chi connectivity index (χ1n) is 5.09. The van der Waals surface area contributed by atoms with Crippen LogP contribution >= 0.6 is 0 Å². The smallest absolute Gasteiger partial charge is 0.0517 e. The molecule has 1 aliphatic heterocycles. The summed E-state index contributed by atoms with van der Waals surface area (Å²) in [6, 6.07) is 0. The molecule has 1 aliphatic rings. The van der Waals surface area contributed by atoms with Gasteiger partial charge in [-0.05, 0) is 12.8 Å². The van der Waals surface area contributed by atoms with E-state index in [4.69, 9.17) is 9.47 Å². The molecule has 0 unspecified atom stereocenters. The van der Waals surface area contributed by atoms with Crippen LogP contribution in [0.4, 0.5) is 0 Å². The lowest BCUT2D eigenvalue weighted by Crippen LogP contribution is -2.28. The van der Waals surface area contributed by atoms with Crippen LogP contribution in [0.1, 0.15) is 32.6 Å². The maximum atomic E-state index is 5.49. The second kappa shape index (κ2) is 6.44. The van der Waals surface area contributed by atoms with Gasteiger partial charge in [0.15, 0.2) is 0 Å². The fourth-order valence-electron chi connectivity index (χ4n) is 1.26. The number of unbranched alkanes of at least 4 members (excludes halogenated alkanes) is 2. The van der Waals surface area contributed by atoms with Gasteiger partial charge in [0.05, 0.1) is 13.2 Å². The van der Waals surface area contributed by atoms with Gasteiger partial charge in [-0.3, -0.25) is 0 Å². The first-order valence-corrected chi connectivity index (χ1v) is 5.09. The summed E-state index contributed by atoms with van der Waals surface area (Å²) in [4.78, 5) is 0. The lowest BCUT2D eigenvalue weighted by atomic mass is 10.1. The van der Waals surface area contributed by atoms with E-state index in [2.05, 4.69) is 6.92 Å². The van der Waals surface area contributed by atoms with Gasteiger partial charge in [-0.1, -0.05) is 19.8 Å². The molecule has 1 fully saturated rings. The molecule has 0 bridgehead atoms. The van der Waals surface area contributed by atoms with E-state index in [0.29, 0.717) is 0 Å². The molecular weight excluding hydrogens is 152 g/mol. The molecule has 0 amide bonds. The summed E-state index contributed by atoms with van der Waals surface area (Å²) in [7, 11) is 0. The molecule has 0 saturated carbocycles. The molecule has 0 N–H and O–H groups in total. The Bertz CT molecular complexity index is 100. The van der Waals surface area contributed by atoms with Gasteiger partial charge in [-0.2, -0.15) is 0 Å². The van der Waals surface area contributed by atoms with Gasteiger partial charge in [-0.15, -0.1) is 0 Å². The Morgan fingerprint density at radius 2 is 2.08 bits per heavy atom. The fourth-order valence-corrected chi connectivity index (χ4v) is 1.26. The highest BCUT2D eigenvalue weighted by Crippen LogP contribution is 2.13. The Morgan fingerprint density at radius 3 is 2.67 bits per heavy atom. The van der Waals surface area contributed by atoms with Crippen molar-refractivity contribution < 1.29 is 9.47 Å². The zero-order valence-electron chi connectivity index (χ0n) is 8.05. The summed E-state index contributed by atoms with van der Waals surface area (Å²) in [5.74, 6) is 0.788. The zero-order chi connectivity index (χ0) is 8.65. The summed E-state index contributed by atoms with van der Waals surface area (Å²) < 4.78 is 10.6. The second-order valence-corrected chi connectivity index (χ2v) is 3.51. The summed E-state index contributed by atoms with van der Waals surface area (Å²) in [5.41, 5.74) is 0. The largest absolute Gasteiger partial charge is 0.381 e. The maximum Gasteiger partial charge on any atom is 0.0517 e. The molecule has 0 spiro atoms. The van der Waals surface area contributed by atoms with Crippen LogP contribution in [0.25, 0.3) is 0 Å². The standard InChI is InChI=1S/C10H20O2/c1-2-3-4-6-11-7-5-10-8-12-9-10/h10H,2-9H2,1H3. The van der Waals surface area contributed by atoms with Gasteiger partial charge in [0, 0.05) is 19.1 Å². The van der Waals surface area contributed by atoms with Crippen molar-refractivity contribution in [2.75, 3.05) is 26.4 Å². The van der Waals surface area contributed by atoms with Crippen molar-refractivity contribution in [3.63, 3.8) is 0 Å². The highest BCUT2D eigenvalue weighted by atomic mass is 16.5. The molecule has 0 aromatic rings. The van der Waals surface area contributed by atoms with Crippen LogP contribution in [0.3, 0.4) is 0 Å². The van der Waals surface area contributed by atoms with Crippen molar-refractivity contribution in [3.05, 3.63) is 0 Å². The van der Waals surface area contributed by atoms with E-state index in [1.165, 1.54) is 25.7 Å². The normalized spacial score (nSPS) is 17.8. The van der Waals surface area contributed by atoms with Gasteiger partial charge in [-0.25, -0.2) is 0 Å². The number of ether oxygens (including phenoxy) is 2. The van der Waals surface area contributed by atoms with Gasteiger partial charge >= 0.3 is 0 Å². The average Bonchev–Trinajstić information content (AvgIpc) is 2.00. The van der Waals surface area contributed by atoms with Crippen molar-refractivity contribution in [2.24, 2.45) is 5.92 Å². The predicted octanol–water partition coefficient (Wildman–Crippen LogP) is 2.23. The summed E-state index contributed by atoms with van der Waals surface area (Å²) in [6.45, 7) is 6.00. The minimum absolute atomic E-state index is 0.788. The molecule has 12 heavy (non-hydrogen) atoms. The lowest BCUT2D eigenvalue weighted by molar-refractivity contribution is -0.0468. The van der Waals surface area contributed by atoms with Crippen LogP contribution in [-0.4, -0.2) is 26.4 Å². The Hall–Kier alpha value is -0.0800. The summed E-state index contributed by atoms with van der Waals surface area (Å²) in [5, 5.41) is 0. The van der Waals surface area contributed by atoms with E-state index in [1.54, 1.807) is 0 Å². The molecule has 0 aromatic carbocycles. The first-order chi connectivity index (χ1) is 5.93. The van der Waals surface area contributed by atoms with E-state index in [0.717, 1.165) is 32.3 Å². The molecular formula is C10H20O2. The van der Waals surface area contributed by atoms with E-state index in [1.807, 2.05) is 0 Å². The Kier molecular flexibility index (Phi) is 5.37. The van der Waals surface area contributed by atoms with E-state index >= 15 is 0 Å². The third-order valence-electron chi connectivity index (χ3n) is 2.27. The van der Waals surface area contributed by atoms with Gasteiger partial charge in [0.2, 0.25) is 0 Å². The highest BCUT2D eigenvalue weighted by molar-refractivity contribution is 4.64. The summed E-state index contributed by atoms with van der Waals surface area (Å²) >= 11 is 0. The fraction of sp³-hybridized carbons (Fsp3) is 1.00. The van der Waals surface area contributed by atoms with Crippen LogP contribution in [0.5, 0.6) is 0 Å². The maximum absolute atomic E-state index is 5.49. The van der Waals surface area contributed by atoms with E-state index in [9.17, 15) is 0 Å². The van der Waals surface area contributed by atoms with Crippen LogP contribution in [0.15, 0.2) is 0 Å². The number of hydrogen-bond acceptors (Lipinski definition) is 2. The number of rotatable bonds is 7. The first kappa shape index (κ1) is 10.0. The van der Waals surface area contributed by atoms with Crippen molar-refractivity contribution >= 4 is 0 Å². The SMILES string of the molecule is CCCCCOCCC1COC1. The van der Waals surface area contributed by atoms with E-state index in [-0.39, 0.29) is 0 Å². The second-order valence-electron chi connectivity index (χ2n) is 3.51. The minimum atomic E-state index is 0.788. The molecule has 1 rings (SSSR count).